The molecule has 0 fully saturated rings. The quantitative estimate of drug-likeness (QED) is 0.690. The van der Waals surface area contributed by atoms with Crippen LogP contribution in [0, 0.1) is 6.92 Å². The molecule has 0 aliphatic heterocycles. The minimum atomic E-state index is 0.256. The molecule has 2 rings (SSSR count). The average molecular weight is 189 g/mol. The Morgan fingerprint density at radius 2 is 2.21 bits per heavy atom. The second-order valence-corrected chi connectivity index (χ2v) is 2.73. The van der Waals surface area contributed by atoms with Gasteiger partial charge < -0.3 is 0 Å². The molecule has 6 heteroatoms. The van der Waals surface area contributed by atoms with E-state index in [0.717, 1.165) is 5.56 Å². The van der Waals surface area contributed by atoms with E-state index >= 15 is 0 Å². The van der Waals surface area contributed by atoms with Crippen LogP contribution < -0.4 is 0 Å². The minimum absolute atomic E-state index is 0.256. The summed E-state index contributed by atoms with van der Waals surface area (Å²) in [6.45, 7) is 1.85. The standard InChI is InChI=1S/C8H7N5O/c1-5-2-9-4-10-7(5)8-6(3-14)11-13-12-8/h2-4H,1H3,(H,11,12,13). The zero-order valence-corrected chi connectivity index (χ0v) is 7.43. The normalized spacial score (nSPS) is 10.1. The molecule has 0 saturated heterocycles. The van der Waals surface area contributed by atoms with E-state index in [4.69, 9.17) is 0 Å². The third kappa shape index (κ3) is 1.26. The molecule has 0 unspecified atom stereocenters. The Hall–Kier alpha value is -2.11. The van der Waals surface area contributed by atoms with E-state index < -0.39 is 0 Å². The Balaban J connectivity index is 2.60. The van der Waals surface area contributed by atoms with E-state index in [2.05, 4.69) is 25.4 Å². The first kappa shape index (κ1) is 8.49. The molecule has 2 heterocycles. The molecule has 2 aromatic heterocycles. The number of aromatic nitrogens is 5. The number of carbonyl (C=O) groups excluding carboxylic acids is 1. The van der Waals surface area contributed by atoms with Crippen LogP contribution in [0.1, 0.15) is 16.1 Å². The van der Waals surface area contributed by atoms with E-state index in [9.17, 15) is 4.79 Å². The van der Waals surface area contributed by atoms with Gasteiger partial charge in [-0.15, -0.1) is 0 Å². The Morgan fingerprint density at radius 1 is 1.36 bits per heavy atom. The number of nitrogens with zero attached hydrogens (tertiary/aromatic N) is 4. The van der Waals surface area contributed by atoms with E-state index in [-0.39, 0.29) is 5.69 Å². The molecule has 0 spiro atoms. The van der Waals surface area contributed by atoms with Crippen LogP contribution in [-0.2, 0) is 0 Å². The summed E-state index contributed by atoms with van der Waals surface area (Å²) in [4.78, 5) is 18.5. The number of hydrogen-bond acceptors (Lipinski definition) is 5. The van der Waals surface area contributed by atoms with Gasteiger partial charge >= 0.3 is 0 Å². The lowest BCUT2D eigenvalue weighted by Crippen LogP contribution is -1.93. The van der Waals surface area contributed by atoms with Crippen LogP contribution >= 0.6 is 0 Å². The maximum atomic E-state index is 10.6. The van der Waals surface area contributed by atoms with Gasteiger partial charge in [0.15, 0.2) is 12.0 Å². The van der Waals surface area contributed by atoms with Gasteiger partial charge in [-0.25, -0.2) is 9.97 Å². The van der Waals surface area contributed by atoms with Gasteiger partial charge in [-0.2, -0.15) is 15.4 Å². The number of nitrogens with one attached hydrogen (secondary N) is 1. The van der Waals surface area contributed by atoms with Crippen molar-refractivity contribution in [2.75, 3.05) is 0 Å². The average Bonchev–Trinajstić information content (AvgIpc) is 2.66. The van der Waals surface area contributed by atoms with E-state index in [1.807, 2.05) is 6.92 Å². The second kappa shape index (κ2) is 3.33. The highest BCUT2D eigenvalue weighted by atomic mass is 16.1. The van der Waals surface area contributed by atoms with Crippen molar-refractivity contribution in [3.8, 4) is 11.4 Å². The SMILES string of the molecule is Cc1cncnc1-c1n[nH]nc1C=O. The van der Waals surface area contributed by atoms with E-state index in [1.54, 1.807) is 6.20 Å². The first-order valence-corrected chi connectivity index (χ1v) is 3.96. The smallest absolute Gasteiger partial charge is 0.172 e. The van der Waals surface area contributed by atoms with Crippen LogP contribution in [0.2, 0.25) is 0 Å². The maximum Gasteiger partial charge on any atom is 0.172 e. The van der Waals surface area contributed by atoms with Gasteiger partial charge in [-0.1, -0.05) is 0 Å². The number of aldehydes is 1. The molecular formula is C8H7N5O. The molecule has 0 amide bonds. The van der Waals surface area contributed by atoms with Crippen molar-refractivity contribution in [3.05, 3.63) is 23.8 Å². The van der Waals surface area contributed by atoms with Crippen LogP contribution in [0.4, 0.5) is 0 Å². The summed E-state index contributed by atoms with van der Waals surface area (Å²) < 4.78 is 0. The lowest BCUT2D eigenvalue weighted by molar-refractivity contribution is 0.111. The highest BCUT2D eigenvalue weighted by molar-refractivity contribution is 5.82. The molecule has 0 radical (unpaired) electrons. The number of H-pyrrole nitrogens is 1. The summed E-state index contributed by atoms with van der Waals surface area (Å²) in [6, 6.07) is 0. The Kier molecular flexibility index (Phi) is 2.02. The van der Waals surface area contributed by atoms with Gasteiger partial charge in [0.2, 0.25) is 0 Å². The van der Waals surface area contributed by atoms with Crippen molar-refractivity contribution in [1.82, 2.24) is 25.4 Å². The third-order valence-electron chi connectivity index (χ3n) is 1.81. The van der Waals surface area contributed by atoms with Gasteiger partial charge in [0.1, 0.15) is 12.0 Å². The fourth-order valence-corrected chi connectivity index (χ4v) is 1.14. The first-order chi connectivity index (χ1) is 6.83. The summed E-state index contributed by atoms with van der Waals surface area (Å²) in [5.41, 5.74) is 2.19. The van der Waals surface area contributed by atoms with Crippen LogP contribution in [0.3, 0.4) is 0 Å². The number of aryl methyl sites for hydroxylation is 1. The van der Waals surface area contributed by atoms with Gasteiger partial charge in [-0.3, -0.25) is 4.79 Å². The molecule has 0 aromatic carbocycles. The van der Waals surface area contributed by atoms with Crippen LogP contribution in [0.5, 0.6) is 0 Å². The number of carbonyl (C=O) groups is 1. The maximum absolute atomic E-state index is 10.6. The Morgan fingerprint density at radius 3 is 2.93 bits per heavy atom. The Labute approximate surface area is 79.4 Å². The van der Waals surface area contributed by atoms with Gasteiger partial charge in [0.25, 0.3) is 0 Å². The molecule has 70 valence electrons. The highest BCUT2D eigenvalue weighted by Crippen LogP contribution is 2.18. The zero-order valence-electron chi connectivity index (χ0n) is 7.43. The van der Waals surface area contributed by atoms with Crippen molar-refractivity contribution in [1.29, 1.82) is 0 Å². The molecule has 0 atom stereocenters. The second-order valence-electron chi connectivity index (χ2n) is 2.73. The first-order valence-electron chi connectivity index (χ1n) is 3.96. The summed E-state index contributed by atoms with van der Waals surface area (Å²) >= 11 is 0. The summed E-state index contributed by atoms with van der Waals surface area (Å²) in [6.07, 6.45) is 3.71. The monoisotopic (exact) mass is 189 g/mol. The van der Waals surface area contributed by atoms with Crippen LogP contribution in [-0.4, -0.2) is 31.7 Å². The molecule has 2 aromatic rings. The topological polar surface area (TPSA) is 84.4 Å². The van der Waals surface area contributed by atoms with Crippen LogP contribution in [0.25, 0.3) is 11.4 Å². The number of hydrogen-bond donors (Lipinski definition) is 1. The van der Waals surface area contributed by atoms with Gasteiger partial charge in [0, 0.05) is 6.20 Å². The minimum Gasteiger partial charge on any atom is -0.296 e. The van der Waals surface area contributed by atoms with Crippen molar-refractivity contribution in [2.24, 2.45) is 0 Å². The zero-order chi connectivity index (χ0) is 9.97. The molecule has 0 aliphatic carbocycles. The molecule has 0 saturated carbocycles. The van der Waals surface area contributed by atoms with Crippen molar-refractivity contribution in [3.63, 3.8) is 0 Å². The van der Waals surface area contributed by atoms with Crippen molar-refractivity contribution >= 4 is 6.29 Å². The number of rotatable bonds is 2. The van der Waals surface area contributed by atoms with E-state index in [0.29, 0.717) is 17.7 Å². The Bertz CT molecular complexity index is 464. The summed E-state index contributed by atoms with van der Waals surface area (Å²) in [5, 5.41) is 9.93. The van der Waals surface area contributed by atoms with Crippen LogP contribution in [0.15, 0.2) is 12.5 Å². The fourth-order valence-electron chi connectivity index (χ4n) is 1.14. The molecular weight excluding hydrogens is 182 g/mol. The predicted molar refractivity (Wildman–Crippen MR) is 47.5 cm³/mol. The molecule has 6 nitrogen and oxygen atoms in total. The summed E-state index contributed by atoms with van der Waals surface area (Å²) in [5.74, 6) is 0. The highest BCUT2D eigenvalue weighted by Gasteiger charge is 2.12. The van der Waals surface area contributed by atoms with Crippen molar-refractivity contribution < 1.29 is 4.79 Å². The van der Waals surface area contributed by atoms with Gasteiger partial charge in [0.05, 0.1) is 5.69 Å². The largest absolute Gasteiger partial charge is 0.296 e. The third-order valence-corrected chi connectivity index (χ3v) is 1.81. The molecule has 14 heavy (non-hydrogen) atoms. The number of aromatic amines is 1. The molecule has 1 N–H and O–H groups in total. The fraction of sp³-hybridized carbons (Fsp3) is 0.125. The predicted octanol–water partition coefficient (Wildman–Crippen LogP) is 0.383. The van der Waals surface area contributed by atoms with Gasteiger partial charge in [-0.05, 0) is 12.5 Å². The summed E-state index contributed by atoms with van der Waals surface area (Å²) in [7, 11) is 0. The van der Waals surface area contributed by atoms with E-state index in [1.165, 1.54) is 6.33 Å². The molecule has 0 aliphatic rings. The molecule has 0 bridgehead atoms. The lowest BCUT2D eigenvalue weighted by atomic mass is 10.2. The lowest BCUT2D eigenvalue weighted by Gasteiger charge is -1.98. The van der Waals surface area contributed by atoms with Crippen molar-refractivity contribution in [2.45, 2.75) is 6.92 Å².